The Morgan fingerprint density at radius 3 is 2.68 bits per heavy atom. The van der Waals surface area contributed by atoms with Gasteiger partial charge in [0.2, 0.25) is 5.95 Å². The van der Waals surface area contributed by atoms with Crippen molar-refractivity contribution in [3.05, 3.63) is 47.2 Å². The van der Waals surface area contributed by atoms with Crippen LogP contribution < -0.4 is 11.1 Å². The molecule has 2 aromatic rings. The number of anilines is 2. The Kier molecular flexibility index (Phi) is 5.79. The van der Waals surface area contributed by atoms with Gasteiger partial charge in [0.15, 0.2) is 0 Å². The quantitative estimate of drug-likeness (QED) is 0.656. The molecule has 0 atom stereocenters. The molecule has 0 spiro atoms. The fourth-order valence-electron chi connectivity index (χ4n) is 2.09. The third-order valence-electron chi connectivity index (χ3n) is 3.28. The second kappa shape index (κ2) is 8.04. The van der Waals surface area contributed by atoms with Crippen molar-refractivity contribution in [2.24, 2.45) is 0 Å². The molecule has 0 saturated carbocycles. The third-order valence-corrected chi connectivity index (χ3v) is 3.28. The number of rotatable bonds is 5. The second-order valence-corrected chi connectivity index (χ2v) is 5.14. The van der Waals surface area contributed by atoms with Crippen molar-refractivity contribution < 1.29 is 0 Å². The van der Waals surface area contributed by atoms with Crippen LogP contribution in [0.2, 0.25) is 0 Å². The van der Waals surface area contributed by atoms with Crippen molar-refractivity contribution >= 4 is 11.8 Å². The molecule has 4 heteroatoms. The zero-order chi connectivity index (χ0) is 15.8. The average molecular weight is 294 g/mol. The lowest BCUT2D eigenvalue weighted by molar-refractivity contribution is 0.830. The number of aryl methyl sites for hydroxylation is 1. The first-order valence-corrected chi connectivity index (χ1v) is 7.61. The maximum atomic E-state index is 5.74. The first-order chi connectivity index (χ1) is 10.7. The Morgan fingerprint density at radius 2 is 1.95 bits per heavy atom. The number of aromatic nitrogens is 2. The largest absolute Gasteiger partial charge is 0.369 e. The van der Waals surface area contributed by atoms with Crippen molar-refractivity contribution in [3.8, 4) is 11.8 Å². The maximum Gasteiger partial charge on any atom is 0.222 e. The van der Waals surface area contributed by atoms with Gasteiger partial charge in [-0.1, -0.05) is 55.5 Å². The number of unbranched alkanes of at least 4 members (excludes halogenated alkanes) is 1. The summed E-state index contributed by atoms with van der Waals surface area (Å²) in [7, 11) is 0. The summed E-state index contributed by atoms with van der Waals surface area (Å²) < 4.78 is 0. The average Bonchev–Trinajstić information content (AvgIpc) is 2.51. The Balaban J connectivity index is 2.18. The predicted molar refractivity (Wildman–Crippen MR) is 91.6 cm³/mol. The molecule has 0 radical (unpaired) electrons. The van der Waals surface area contributed by atoms with Gasteiger partial charge in [-0.25, -0.2) is 4.98 Å². The number of benzene rings is 1. The zero-order valence-electron chi connectivity index (χ0n) is 13.2. The minimum absolute atomic E-state index is 0.283. The monoisotopic (exact) mass is 294 g/mol. The first kappa shape index (κ1) is 15.8. The highest BCUT2D eigenvalue weighted by molar-refractivity contribution is 5.58. The summed E-state index contributed by atoms with van der Waals surface area (Å²) in [5.41, 5.74) is 8.59. The zero-order valence-corrected chi connectivity index (χ0v) is 13.2. The molecule has 0 unspecified atom stereocenters. The van der Waals surface area contributed by atoms with Gasteiger partial charge < -0.3 is 11.1 Å². The van der Waals surface area contributed by atoms with Gasteiger partial charge in [0.05, 0.1) is 11.3 Å². The van der Waals surface area contributed by atoms with Gasteiger partial charge in [-0.3, -0.25) is 0 Å². The van der Waals surface area contributed by atoms with Crippen LogP contribution in [-0.4, -0.2) is 16.5 Å². The van der Waals surface area contributed by atoms with Gasteiger partial charge in [0.25, 0.3) is 0 Å². The van der Waals surface area contributed by atoms with E-state index in [1.807, 2.05) is 25.1 Å². The van der Waals surface area contributed by atoms with Gasteiger partial charge in [-0.15, -0.1) is 0 Å². The lowest BCUT2D eigenvalue weighted by atomic mass is 10.1. The molecule has 3 N–H and O–H groups in total. The fraction of sp³-hybridized carbons (Fsp3) is 0.333. The highest BCUT2D eigenvalue weighted by Gasteiger charge is 2.08. The van der Waals surface area contributed by atoms with Crippen molar-refractivity contribution in [1.82, 2.24) is 9.97 Å². The van der Waals surface area contributed by atoms with E-state index in [-0.39, 0.29) is 5.95 Å². The Bertz CT molecular complexity index is 669. The normalized spacial score (nSPS) is 9.91. The molecule has 0 saturated heterocycles. The molecule has 114 valence electrons. The third kappa shape index (κ3) is 4.49. The van der Waals surface area contributed by atoms with E-state index in [1.54, 1.807) is 0 Å². The van der Waals surface area contributed by atoms with Crippen molar-refractivity contribution in [1.29, 1.82) is 0 Å². The van der Waals surface area contributed by atoms with Crippen LogP contribution in [0.1, 0.15) is 36.6 Å². The number of nitrogen functional groups attached to an aromatic ring is 1. The minimum Gasteiger partial charge on any atom is -0.369 e. The summed E-state index contributed by atoms with van der Waals surface area (Å²) in [6.45, 7) is 4.93. The molecular weight excluding hydrogens is 272 g/mol. The molecular formula is C18H22N4. The van der Waals surface area contributed by atoms with Crippen LogP contribution in [0, 0.1) is 18.8 Å². The van der Waals surface area contributed by atoms with E-state index in [4.69, 9.17) is 5.73 Å². The second-order valence-electron chi connectivity index (χ2n) is 5.14. The Labute approximate surface area is 132 Å². The molecule has 0 aliphatic rings. The van der Waals surface area contributed by atoms with E-state index in [2.05, 4.69) is 46.2 Å². The Morgan fingerprint density at radius 1 is 1.18 bits per heavy atom. The topological polar surface area (TPSA) is 63.8 Å². The molecule has 0 bridgehead atoms. The molecule has 1 aromatic carbocycles. The van der Waals surface area contributed by atoms with E-state index < -0.39 is 0 Å². The van der Waals surface area contributed by atoms with Gasteiger partial charge in [0, 0.05) is 13.0 Å². The lowest BCUT2D eigenvalue weighted by Crippen LogP contribution is -2.09. The Hall–Kier alpha value is -2.54. The van der Waals surface area contributed by atoms with Crippen LogP contribution in [-0.2, 0) is 6.42 Å². The molecule has 2 rings (SSSR count). The molecule has 0 aliphatic heterocycles. The minimum atomic E-state index is 0.283. The van der Waals surface area contributed by atoms with Crippen LogP contribution in [0.25, 0.3) is 0 Å². The molecule has 0 fully saturated rings. The number of hydrogen-bond acceptors (Lipinski definition) is 4. The maximum absolute atomic E-state index is 5.74. The van der Waals surface area contributed by atoms with Gasteiger partial charge in [-0.2, -0.15) is 4.98 Å². The standard InChI is InChI=1S/C18H22N4/c1-3-4-13-20-17-16(14(2)21-18(19)22-17)12-8-11-15-9-6-5-7-10-15/h5-7,9-10H,3-4,11,13H2,1-2H3,(H3,19,20,21,22). The summed E-state index contributed by atoms with van der Waals surface area (Å²) in [6, 6.07) is 10.2. The number of nitrogens with zero attached hydrogens (tertiary/aromatic N) is 2. The number of nitrogens with one attached hydrogen (secondary N) is 1. The van der Waals surface area contributed by atoms with E-state index in [9.17, 15) is 0 Å². The molecule has 22 heavy (non-hydrogen) atoms. The summed E-state index contributed by atoms with van der Waals surface area (Å²) in [5, 5.41) is 3.31. The van der Waals surface area contributed by atoms with E-state index in [1.165, 1.54) is 5.56 Å². The molecule has 1 aromatic heterocycles. The van der Waals surface area contributed by atoms with Crippen LogP contribution in [0.15, 0.2) is 30.3 Å². The predicted octanol–water partition coefficient (Wildman–Crippen LogP) is 3.17. The lowest BCUT2D eigenvalue weighted by Gasteiger charge is -2.09. The SMILES string of the molecule is CCCCNc1nc(N)nc(C)c1C#CCc1ccccc1. The molecule has 4 nitrogen and oxygen atoms in total. The number of nitrogens with two attached hydrogens (primary N) is 1. The molecule has 0 amide bonds. The van der Waals surface area contributed by atoms with Gasteiger partial charge in [-0.05, 0) is 18.9 Å². The van der Waals surface area contributed by atoms with Crippen molar-refractivity contribution in [3.63, 3.8) is 0 Å². The first-order valence-electron chi connectivity index (χ1n) is 7.61. The van der Waals surface area contributed by atoms with Crippen molar-refractivity contribution in [2.45, 2.75) is 33.1 Å². The smallest absolute Gasteiger partial charge is 0.222 e. The summed E-state index contributed by atoms with van der Waals surface area (Å²) >= 11 is 0. The van der Waals surface area contributed by atoms with Gasteiger partial charge in [0.1, 0.15) is 5.82 Å². The van der Waals surface area contributed by atoms with Crippen molar-refractivity contribution in [2.75, 3.05) is 17.6 Å². The highest BCUT2D eigenvalue weighted by Crippen LogP contribution is 2.16. The van der Waals surface area contributed by atoms with Crippen LogP contribution in [0.3, 0.4) is 0 Å². The van der Waals surface area contributed by atoms with E-state index in [0.717, 1.165) is 36.5 Å². The van der Waals surface area contributed by atoms with Gasteiger partial charge >= 0.3 is 0 Å². The molecule has 0 aliphatic carbocycles. The highest BCUT2D eigenvalue weighted by atomic mass is 15.1. The van der Waals surface area contributed by atoms with Crippen LogP contribution in [0.4, 0.5) is 11.8 Å². The summed E-state index contributed by atoms with van der Waals surface area (Å²) in [4.78, 5) is 8.50. The number of hydrogen-bond donors (Lipinski definition) is 2. The van der Waals surface area contributed by atoms with E-state index in [0.29, 0.717) is 6.42 Å². The van der Waals surface area contributed by atoms with Crippen LogP contribution in [0.5, 0.6) is 0 Å². The van der Waals surface area contributed by atoms with Crippen LogP contribution >= 0.6 is 0 Å². The summed E-state index contributed by atoms with van der Waals surface area (Å²) in [6.07, 6.45) is 2.92. The van der Waals surface area contributed by atoms with E-state index >= 15 is 0 Å². The fourth-order valence-corrected chi connectivity index (χ4v) is 2.09. The summed E-state index contributed by atoms with van der Waals surface area (Å²) in [5.74, 6) is 7.41. The molecule has 1 heterocycles.